The molecule has 0 saturated heterocycles. The zero-order valence-electron chi connectivity index (χ0n) is 12.8. The van der Waals surface area contributed by atoms with Gasteiger partial charge in [-0.05, 0) is 31.5 Å². The maximum absolute atomic E-state index is 13.5. The number of anilines is 1. The molecule has 0 fully saturated rings. The van der Waals surface area contributed by atoms with Crippen molar-refractivity contribution in [3.8, 4) is 5.75 Å². The van der Waals surface area contributed by atoms with Crippen molar-refractivity contribution < 1.29 is 19.0 Å². The number of carbonyl (C=O) groups is 1. The number of hydrogen-bond acceptors (Lipinski definition) is 3. The molecule has 1 heterocycles. The van der Waals surface area contributed by atoms with Gasteiger partial charge in [0.15, 0.2) is 18.2 Å². The quantitative estimate of drug-likeness (QED) is 0.947. The molecule has 1 N–H and O–H groups in total. The second-order valence-corrected chi connectivity index (χ2v) is 5.81. The van der Waals surface area contributed by atoms with Gasteiger partial charge in [-0.1, -0.05) is 30.3 Å². The maximum atomic E-state index is 13.5. The molecule has 1 atom stereocenters. The fourth-order valence-corrected chi connectivity index (χ4v) is 2.79. The first-order valence-electron chi connectivity index (χ1n) is 7.48. The summed E-state index contributed by atoms with van der Waals surface area (Å²) >= 11 is 0. The van der Waals surface area contributed by atoms with Crippen molar-refractivity contribution >= 4 is 11.6 Å². The number of aliphatic hydroxyl groups is 1. The summed E-state index contributed by atoms with van der Waals surface area (Å²) in [4.78, 5) is 14.0. The number of halogens is 1. The Morgan fingerprint density at radius 2 is 1.96 bits per heavy atom. The van der Waals surface area contributed by atoms with Gasteiger partial charge in [0, 0.05) is 17.8 Å². The Kier molecular flexibility index (Phi) is 4.05. The van der Waals surface area contributed by atoms with Gasteiger partial charge in [-0.25, -0.2) is 4.39 Å². The van der Waals surface area contributed by atoms with Crippen LogP contribution in [0.5, 0.6) is 5.75 Å². The van der Waals surface area contributed by atoms with Gasteiger partial charge in [-0.3, -0.25) is 4.79 Å². The van der Waals surface area contributed by atoms with Crippen LogP contribution in [0.1, 0.15) is 18.9 Å². The predicted octanol–water partition coefficient (Wildman–Crippen LogP) is 2.85. The van der Waals surface area contributed by atoms with Gasteiger partial charge in [-0.15, -0.1) is 0 Å². The van der Waals surface area contributed by atoms with Crippen LogP contribution in [0, 0.1) is 5.82 Å². The molecule has 3 rings (SSSR count). The van der Waals surface area contributed by atoms with Crippen LogP contribution in [0.2, 0.25) is 0 Å². The van der Waals surface area contributed by atoms with Crippen molar-refractivity contribution in [2.75, 3.05) is 18.1 Å². The van der Waals surface area contributed by atoms with Crippen LogP contribution >= 0.6 is 0 Å². The third-order valence-electron chi connectivity index (χ3n) is 4.09. The monoisotopic (exact) mass is 315 g/mol. The Bertz CT molecular complexity index is 730. The van der Waals surface area contributed by atoms with E-state index in [2.05, 4.69) is 0 Å². The van der Waals surface area contributed by atoms with E-state index in [-0.39, 0.29) is 18.3 Å². The zero-order chi connectivity index (χ0) is 16.4. The van der Waals surface area contributed by atoms with Crippen LogP contribution < -0.4 is 9.64 Å². The summed E-state index contributed by atoms with van der Waals surface area (Å²) in [5, 5.41) is 10.5. The van der Waals surface area contributed by atoms with Crippen molar-refractivity contribution in [1.82, 2.24) is 0 Å². The highest BCUT2D eigenvalue weighted by molar-refractivity contribution is 5.95. The van der Waals surface area contributed by atoms with E-state index in [1.54, 1.807) is 30.0 Å². The summed E-state index contributed by atoms with van der Waals surface area (Å²) in [6, 6.07) is 13.2. The highest BCUT2D eigenvalue weighted by Crippen LogP contribution is 2.37. The van der Waals surface area contributed by atoms with Gasteiger partial charge in [-0.2, -0.15) is 0 Å². The number of carbonyl (C=O) groups excluding carboxylic acids is 1. The number of rotatable bonds is 3. The zero-order valence-corrected chi connectivity index (χ0v) is 12.8. The molecule has 120 valence electrons. The lowest BCUT2D eigenvalue weighted by Crippen LogP contribution is -2.44. The lowest BCUT2D eigenvalue weighted by molar-refractivity contribution is -0.121. The second-order valence-electron chi connectivity index (χ2n) is 5.81. The summed E-state index contributed by atoms with van der Waals surface area (Å²) in [7, 11) is 0. The standard InChI is InChI=1S/C18H18FNO3/c1-18(22)10-11-20(15-8-4-2-6-13(15)18)17(21)12-23-16-9-5-3-7-14(16)19/h2-9,22H,10-12H2,1H3. The molecule has 23 heavy (non-hydrogen) atoms. The fourth-order valence-electron chi connectivity index (χ4n) is 2.79. The minimum atomic E-state index is -0.959. The second kappa shape index (κ2) is 6.01. The predicted molar refractivity (Wildman–Crippen MR) is 84.9 cm³/mol. The minimum Gasteiger partial charge on any atom is -0.481 e. The van der Waals surface area contributed by atoms with Gasteiger partial charge in [0.2, 0.25) is 0 Å². The van der Waals surface area contributed by atoms with Crippen LogP contribution in [0.3, 0.4) is 0 Å². The molecule has 2 aromatic carbocycles. The van der Waals surface area contributed by atoms with Crippen LogP contribution in [-0.4, -0.2) is 24.2 Å². The van der Waals surface area contributed by atoms with Crippen LogP contribution in [-0.2, 0) is 10.4 Å². The van der Waals surface area contributed by atoms with Crippen molar-refractivity contribution in [3.05, 3.63) is 59.9 Å². The summed E-state index contributed by atoms with van der Waals surface area (Å²) in [5.41, 5.74) is 0.427. The molecule has 1 aliphatic heterocycles. The van der Waals surface area contributed by atoms with Gasteiger partial charge >= 0.3 is 0 Å². The topological polar surface area (TPSA) is 49.8 Å². The summed E-state index contributed by atoms with van der Waals surface area (Å²) in [5.74, 6) is -0.711. The maximum Gasteiger partial charge on any atom is 0.264 e. The molecule has 0 bridgehead atoms. The normalized spacial score (nSPS) is 20.0. The molecule has 1 aliphatic rings. The first-order valence-corrected chi connectivity index (χ1v) is 7.48. The summed E-state index contributed by atoms with van der Waals surface area (Å²) < 4.78 is 18.8. The SMILES string of the molecule is CC1(O)CCN(C(=O)COc2ccccc2F)c2ccccc21. The van der Waals surface area contributed by atoms with Gasteiger partial charge in [0.1, 0.15) is 0 Å². The van der Waals surface area contributed by atoms with Crippen molar-refractivity contribution in [2.45, 2.75) is 18.9 Å². The van der Waals surface area contributed by atoms with Crippen LogP contribution in [0.4, 0.5) is 10.1 Å². The lowest BCUT2D eigenvalue weighted by Gasteiger charge is -2.37. The number of benzene rings is 2. The molecular formula is C18H18FNO3. The van der Waals surface area contributed by atoms with Crippen molar-refractivity contribution in [2.24, 2.45) is 0 Å². The molecule has 2 aromatic rings. The van der Waals surface area contributed by atoms with Crippen LogP contribution in [0.25, 0.3) is 0 Å². The van der Waals surface area contributed by atoms with Crippen LogP contribution in [0.15, 0.2) is 48.5 Å². The average molecular weight is 315 g/mol. The van der Waals surface area contributed by atoms with Gasteiger partial charge in [0.25, 0.3) is 5.91 Å². The molecule has 1 amide bonds. The number of ether oxygens (including phenoxy) is 1. The molecule has 0 saturated carbocycles. The Labute approximate surface area is 134 Å². The number of nitrogens with zero attached hydrogens (tertiary/aromatic N) is 1. The first kappa shape index (κ1) is 15.5. The van der Waals surface area contributed by atoms with E-state index >= 15 is 0 Å². The molecule has 0 radical (unpaired) electrons. The number of para-hydroxylation sites is 2. The third kappa shape index (κ3) is 3.05. The Hall–Kier alpha value is -2.40. The van der Waals surface area contributed by atoms with E-state index in [0.717, 1.165) is 0 Å². The van der Waals surface area contributed by atoms with E-state index in [0.29, 0.717) is 24.2 Å². The minimum absolute atomic E-state index is 0.0538. The van der Waals surface area contributed by atoms with E-state index in [9.17, 15) is 14.3 Å². The van der Waals surface area contributed by atoms with E-state index in [1.165, 1.54) is 12.1 Å². The molecular weight excluding hydrogens is 297 g/mol. The number of fused-ring (bicyclic) bond motifs is 1. The lowest BCUT2D eigenvalue weighted by atomic mass is 9.87. The molecule has 4 nitrogen and oxygen atoms in total. The van der Waals surface area contributed by atoms with E-state index in [4.69, 9.17) is 4.74 Å². The molecule has 0 spiro atoms. The molecule has 1 unspecified atom stereocenters. The summed E-state index contributed by atoms with van der Waals surface area (Å²) in [6.07, 6.45) is 0.440. The fraction of sp³-hybridized carbons (Fsp3) is 0.278. The van der Waals surface area contributed by atoms with Crippen molar-refractivity contribution in [1.29, 1.82) is 0 Å². The van der Waals surface area contributed by atoms with E-state index < -0.39 is 11.4 Å². The van der Waals surface area contributed by atoms with E-state index in [1.807, 2.05) is 18.2 Å². The highest BCUT2D eigenvalue weighted by Gasteiger charge is 2.35. The molecule has 5 heteroatoms. The highest BCUT2D eigenvalue weighted by atomic mass is 19.1. The molecule has 0 aromatic heterocycles. The first-order chi connectivity index (χ1) is 11.0. The van der Waals surface area contributed by atoms with Crippen molar-refractivity contribution in [3.63, 3.8) is 0 Å². The third-order valence-corrected chi connectivity index (χ3v) is 4.09. The number of hydrogen-bond donors (Lipinski definition) is 1. The summed E-state index contributed by atoms with van der Waals surface area (Å²) in [6.45, 7) is 1.88. The smallest absolute Gasteiger partial charge is 0.264 e. The largest absolute Gasteiger partial charge is 0.481 e. The molecule has 0 aliphatic carbocycles. The Morgan fingerprint density at radius 3 is 2.74 bits per heavy atom. The Balaban J connectivity index is 1.77. The van der Waals surface area contributed by atoms with Gasteiger partial charge < -0.3 is 14.7 Å². The Morgan fingerprint density at radius 1 is 1.26 bits per heavy atom. The number of amides is 1. The van der Waals surface area contributed by atoms with Gasteiger partial charge in [0.05, 0.1) is 5.60 Å². The average Bonchev–Trinajstić information content (AvgIpc) is 2.54.